The first-order valence-corrected chi connectivity index (χ1v) is 9.26. The average Bonchev–Trinajstić information content (AvgIpc) is 2.67. The summed E-state index contributed by atoms with van der Waals surface area (Å²) in [5.74, 6) is 0. The number of hydrogen-bond donors (Lipinski definition) is 0. The molecule has 0 unspecified atom stereocenters. The minimum absolute atomic E-state index is 0.0550. The first-order chi connectivity index (χ1) is 12.3. The Bertz CT molecular complexity index is 945. The van der Waals surface area contributed by atoms with Crippen molar-refractivity contribution in [1.29, 1.82) is 0 Å². The Morgan fingerprint density at radius 1 is 0.960 bits per heavy atom. The Labute approximate surface area is 149 Å². The Morgan fingerprint density at radius 2 is 1.64 bits per heavy atom. The van der Waals surface area contributed by atoms with E-state index in [1.807, 2.05) is 17.0 Å². The molecule has 0 spiro atoms. The van der Waals surface area contributed by atoms with Crippen molar-refractivity contribution < 1.29 is 13.7 Å². The number of aryl methyl sites for hydroxylation is 1. The third-order valence-corrected chi connectivity index (χ3v) is 4.39. The molecule has 3 aromatic rings. The van der Waals surface area contributed by atoms with Crippen LogP contribution in [0.25, 0.3) is 16.8 Å². The second-order valence-electron chi connectivity index (χ2n) is 5.92. The summed E-state index contributed by atoms with van der Waals surface area (Å²) in [6.07, 6.45) is 10.4. The van der Waals surface area contributed by atoms with Crippen LogP contribution in [-0.2, 0) is 17.5 Å². The van der Waals surface area contributed by atoms with Crippen molar-refractivity contribution in [2.45, 2.75) is 26.3 Å². The molecule has 124 valence electrons. The monoisotopic (exact) mass is 348 g/mol. The molecule has 2 aromatic heterocycles. The van der Waals surface area contributed by atoms with Gasteiger partial charge in [-0.2, -0.15) is 0 Å². The summed E-state index contributed by atoms with van der Waals surface area (Å²) in [5, 5.41) is 0. The molecule has 0 fully saturated rings. The Kier molecular flexibility index (Phi) is 5.95. The summed E-state index contributed by atoms with van der Waals surface area (Å²) in [4.78, 5) is 0. The first kappa shape index (κ1) is 17.4. The van der Waals surface area contributed by atoms with Crippen LogP contribution < -0.4 is 9.13 Å². The van der Waals surface area contributed by atoms with Crippen molar-refractivity contribution in [1.82, 2.24) is 0 Å². The molecule has 3 rings (SSSR count). The van der Waals surface area contributed by atoms with Crippen LogP contribution >= 0.6 is 7.92 Å². The topological polar surface area (TPSA) is 24.8 Å². The van der Waals surface area contributed by atoms with Gasteiger partial charge in [0, 0.05) is 0 Å². The summed E-state index contributed by atoms with van der Waals surface area (Å²) in [6, 6.07) is 17.1. The summed E-state index contributed by atoms with van der Waals surface area (Å²) in [5.41, 5.74) is 7.62. The summed E-state index contributed by atoms with van der Waals surface area (Å²) in [6.45, 7) is 2.72. The van der Waals surface area contributed by atoms with E-state index in [4.69, 9.17) is 0 Å². The van der Waals surface area contributed by atoms with Crippen molar-refractivity contribution in [2.75, 3.05) is 0 Å². The molecule has 25 heavy (non-hydrogen) atoms. The van der Waals surface area contributed by atoms with Gasteiger partial charge in [0.05, 0.1) is 0 Å². The van der Waals surface area contributed by atoms with Gasteiger partial charge in [0.2, 0.25) is 0 Å². The Morgan fingerprint density at radius 3 is 2.28 bits per heavy atom. The SMILES string of the molecule is CCCc1cccc(-[n+]2ccc(-c3cc[n+](CC#P=O)cc3)cc2)c1. The maximum atomic E-state index is 10.4. The van der Waals surface area contributed by atoms with Crippen LogP contribution in [0.2, 0.25) is 0 Å². The Hall–Kier alpha value is -2.47. The van der Waals surface area contributed by atoms with Gasteiger partial charge in [-0.05, 0) is 12.0 Å². The maximum absolute atomic E-state index is 10.4. The second kappa shape index (κ2) is 8.58. The molecule has 0 aliphatic rings. The van der Waals surface area contributed by atoms with E-state index in [-0.39, 0.29) is 7.92 Å². The van der Waals surface area contributed by atoms with Gasteiger partial charge in [0.1, 0.15) is 0 Å². The van der Waals surface area contributed by atoms with Crippen molar-refractivity contribution >= 4 is 7.92 Å². The molecule has 0 radical (unpaired) electrons. The van der Waals surface area contributed by atoms with Gasteiger partial charge in [0.15, 0.2) is 0 Å². The Balaban J connectivity index is 1.81. The number of pyridine rings is 2. The molecular formula is C21H21N2OP+2. The van der Waals surface area contributed by atoms with Crippen molar-refractivity contribution in [3.63, 3.8) is 0 Å². The van der Waals surface area contributed by atoms with Crippen LogP contribution in [0, 0.1) is 5.63 Å². The predicted molar refractivity (Wildman–Crippen MR) is 99.1 cm³/mol. The molecule has 0 bridgehead atoms. The van der Waals surface area contributed by atoms with E-state index in [2.05, 4.69) is 78.0 Å². The second-order valence-corrected chi connectivity index (χ2v) is 6.42. The van der Waals surface area contributed by atoms with Crippen molar-refractivity contribution in [2.24, 2.45) is 0 Å². The molecule has 0 N–H and O–H groups in total. The van der Waals surface area contributed by atoms with Crippen LogP contribution in [0.3, 0.4) is 0 Å². The van der Waals surface area contributed by atoms with Crippen LogP contribution in [0.5, 0.6) is 0 Å². The molecule has 3 nitrogen and oxygen atoms in total. The third kappa shape index (κ3) is 4.54. The number of benzene rings is 1. The minimum atomic E-state index is -0.0550. The summed E-state index contributed by atoms with van der Waals surface area (Å²) in [7, 11) is -0.0550. The molecule has 0 aliphatic carbocycles. The molecule has 0 amide bonds. The van der Waals surface area contributed by atoms with Gasteiger partial charge in [-0.15, -0.1) is 0 Å². The van der Waals surface area contributed by atoms with E-state index >= 15 is 0 Å². The fraction of sp³-hybridized carbons (Fsp3) is 0.190. The van der Waals surface area contributed by atoms with Gasteiger partial charge in [-0.1, -0.05) is 25.5 Å². The van der Waals surface area contributed by atoms with Gasteiger partial charge in [-0.3, -0.25) is 0 Å². The molecule has 0 saturated carbocycles. The summed E-state index contributed by atoms with van der Waals surface area (Å²) >= 11 is 0. The van der Waals surface area contributed by atoms with Gasteiger partial charge < -0.3 is 0 Å². The van der Waals surface area contributed by atoms with Gasteiger partial charge in [-0.25, -0.2) is 0 Å². The van der Waals surface area contributed by atoms with Gasteiger partial charge >= 0.3 is 112 Å². The van der Waals surface area contributed by atoms with Crippen LogP contribution in [-0.4, -0.2) is 0 Å². The van der Waals surface area contributed by atoms with E-state index in [9.17, 15) is 4.57 Å². The number of aromatic nitrogens is 2. The zero-order valence-electron chi connectivity index (χ0n) is 14.3. The average molecular weight is 348 g/mol. The van der Waals surface area contributed by atoms with E-state index in [0.29, 0.717) is 6.54 Å². The standard InChI is InChI=1S/C21H21N2OP/c1-2-4-18-5-3-6-21(17-18)23-13-9-20(10-14-23)19-7-11-22(12-8-19)15-16-25-24/h3,5-14,17H,2,4,15H2,1H3/q+2. The number of hydrogen-bond acceptors (Lipinski definition) is 1. The zero-order valence-corrected chi connectivity index (χ0v) is 15.2. The normalized spacial score (nSPS) is 10.3. The van der Waals surface area contributed by atoms with Crippen molar-refractivity contribution in [3.8, 4) is 22.4 Å². The first-order valence-electron chi connectivity index (χ1n) is 8.45. The zero-order chi connectivity index (χ0) is 17.5. The molecule has 1 aromatic carbocycles. The van der Waals surface area contributed by atoms with E-state index < -0.39 is 0 Å². The predicted octanol–water partition coefficient (Wildman–Crippen LogP) is 4.12. The molecule has 0 aliphatic heterocycles. The van der Waals surface area contributed by atoms with Crippen LogP contribution in [0.4, 0.5) is 0 Å². The van der Waals surface area contributed by atoms with Gasteiger partial charge in [0.25, 0.3) is 0 Å². The molecule has 2 heterocycles. The summed E-state index contributed by atoms with van der Waals surface area (Å²) < 4.78 is 14.5. The fourth-order valence-electron chi connectivity index (χ4n) is 2.82. The molecular weight excluding hydrogens is 327 g/mol. The molecule has 0 saturated heterocycles. The molecule has 4 heteroatoms. The number of nitrogens with zero attached hydrogens (tertiary/aromatic N) is 2. The quantitative estimate of drug-likeness (QED) is 0.503. The number of rotatable bonds is 5. The van der Waals surface area contributed by atoms with E-state index in [1.165, 1.54) is 16.8 Å². The van der Waals surface area contributed by atoms with Crippen LogP contribution in [0.15, 0.2) is 73.3 Å². The third-order valence-electron chi connectivity index (χ3n) is 4.12. The van der Waals surface area contributed by atoms with E-state index in [0.717, 1.165) is 18.4 Å². The fourth-order valence-corrected chi connectivity index (χ4v) is 3.04. The molecule has 0 atom stereocenters. The van der Waals surface area contributed by atoms with Crippen molar-refractivity contribution in [3.05, 3.63) is 78.9 Å². The van der Waals surface area contributed by atoms with Crippen LogP contribution in [0.1, 0.15) is 18.9 Å². The van der Waals surface area contributed by atoms with E-state index in [1.54, 1.807) is 0 Å².